The van der Waals surface area contributed by atoms with Crippen molar-refractivity contribution in [1.82, 2.24) is 5.32 Å². The number of amides is 1. The first-order chi connectivity index (χ1) is 56.8. The van der Waals surface area contributed by atoms with E-state index >= 15 is 0 Å². The Morgan fingerprint density at radius 2 is 0.491 bits per heavy atom. The SMILES string of the molecule is CCCCCCCCCCCCCCCCCCCCCCCCCCCCCCCCCCCCCCCCC(=O)NC(COC1OC(CO)C(OC2OC(CO)C(OC3OC(CO)C(O)C(O)C3O)C(O)C2O)C(O)C1O)C(O)CCCCCCCCCCCCCCCCCCCCCCCCCCCCCCCCCCC. The number of nitrogens with one attached hydrogen (secondary N) is 1. The molecule has 3 saturated heterocycles. The molecule has 3 heterocycles. The van der Waals surface area contributed by atoms with Gasteiger partial charge in [0.1, 0.15) is 73.2 Å². The predicted octanol–water partition coefficient (Wildman–Crippen LogP) is 20.8. The second-order valence-corrected chi connectivity index (χ2v) is 36.3. The maximum absolute atomic E-state index is 13.6. The van der Waals surface area contributed by atoms with Crippen molar-refractivity contribution in [2.45, 2.75) is 587 Å². The molecule has 3 aliphatic heterocycles. The number of aliphatic hydroxyl groups excluding tert-OH is 11. The highest BCUT2D eigenvalue weighted by Gasteiger charge is 2.54. The molecule has 116 heavy (non-hydrogen) atoms. The molecule has 0 aromatic carbocycles. The van der Waals surface area contributed by atoms with Gasteiger partial charge in [0.25, 0.3) is 0 Å². The van der Waals surface area contributed by atoms with Crippen LogP contribution in [0.2, 0.25) is 0 Å². The van der Waals surface area contributed by atoms with Crippen LogP contribution in [0.15, 0.2) is 0 Å². The number of unbranched alkanes of at least 4 members (excludes halogenated alkanes) is 69. The summed E-state index contributed by atoms with van der Waals surface area (Å²) in [6, 6.07) is -0.885. The van der Waals surface area contributed by atoms with Gasteiger partial charge in [0.05, 0.1) is 38.6 Å². The summed E-state index contributed by atoms with van der Waals surface area (Å²) in [7, 11) is 0. The van der Waals surface area contributed by atoms with Gasteiger partial charge in [-0.3, -0.25) is 4.79 Å². The van der Waals surface area contributed by atoms with Crippen LogP contribution in [0, 0.1) is 0 Å². The van der Waals surface area contributed by atoms with Crippen LogP contribution in [0.1, 0.15) is 483 Å². The van der Waals surface area contributed by atoms with Crippen LogP contribution in [0.4, 0.5) is 0 Å². The normalized spacial score (nSPS) is 24.4. The second kappa shape index (κ2) is 77.4. The van der Waals surface area contributed by atoms with Gasteiger partial charge in [-0.05, 0) is 12.8 Å². The Morgan fingerprint density at radius 3 is 0.750 bits per heavy atom. The summed E-state index contributed by atoms with van der Waals surface area (Å²) in [6.07, 6.45) is 69.7. The van der Waals surface area contributed by atoms with E-state index in [2.05, 4.69) is 19.2 Å². The van der Waals surface area contributed by atoms with Crippen molar-refractivity contribution in [3.63, 3.8) is 0 Å². The summed E-state index contributed by atoms with van der Waals surface area (Å²) in [4.78, 5) is 13.6. The van der Waals surface area contributed by atoms with E-state index in [4.69, 9.17) is 28.4 Å². The van der Waals surface area contributed by atoms with Gasteiger partial charge in [-0.2, -0.15) is 0 Å². The number of aliphatic hydroxyl groups is 11. The number of carbonyl (C=O) groups excluding carboxylic acids is 1. The minimum Gasteiger partial charge on any atom is -0.394 e. The van der Waals surface area contributed by atoms with Crippen molar-refractivity contribution >= 4 is 5.91 Å². The first kappa shape index (κ1) is 109. The number of carbonyl (C=O) groups is 1. The van der Waals surface area contributed by atoms with Gasteiger partial charge in [0.2, 0.25) is 5.91 Å². The topological polar surface area (TPSA) is 307 Å². The first-order valence-corrected chi connectivity index (χ1v) is 50.3. The molecule has 0 radical (unpaired) electrons. The van der Waals surface area contributed by atoms with Gasteiger partial charge in [-0.1, -0.05) is 463 Å². The average Bonchev–Trinajstić information content (AvgIpc) is 0.780. The van der Waals surface area contributed by atoms with E-state index in [-0.39, 0.29) is 18.9 Å². The molecule has 17 unspecified atom stereocenters. The van der Waals surface area contributed by atoms with Crippen molar-refractivity contribution in [2.24, 2.45) is 0 Å². The van der Waals surface area contributed by atoms with Crippen LogP contribution < -0.4 is 5.32 Å². The number of hydrogen-bond acceptors (Lipinski definition) is 18. The fourth-order valence-corrected chi connectivity index (χ4v) is 17.7. The molecule has 19 nitrogen and oxygen atoms in total. The molecule has 0 aromatic heterocycles. The average molecular weight is 1660 g/mol. The van der Waals surface area contributed by atoms with Gasteiger partial charge in [0, 0.05) is 6.42 Å². The van der Waals surface area contributed by atoms with Crippen LogP contribution in [0.25, 0.3) is 0 Å². The summed E-state index contributed by atoms with van der Waals surface area (Å²) in [5.41, 5.74) is 0. The van der Waals surface area contributed by atoms with Crippen molar-refractivity contribution in [3.05, 3.63) is 0 Å². The Bertz CT molecular complexity index is 2080. The fraction of sp³-hybridized carbons (Fsp3) is 0.990. The maximum Gasteiger partial charge on any atom is 0.220 e. The second-order valence-electron chi connectivity index (χ2n) is 36.3. The van der Waals surface area contributed by atoms with E-state index in [9.17, 15) is 61.0 Å². The maximum atomic E-state index is 13.6. The van der Waals surface area contributed by atoms with E-state index in [1.54, 1.807) is 0 Å². The van der Waals surface area contributed by atoms with Crippen molar-refractivity contribution < 1.29 is 89.4 Å². The quantitative estimate of drug-likeness (QED) is 0.0252. The Balaban J connectivity index is 1.27. The minimum atomic E-state index is -1.97. The largest absolute Gasteiger partial charge is 0.394 e. The predicted molar refractivity (Wildman–Crippen MR) is 471 cm³/mol. The molecule has 0 saturated carbocycles. The zero-order valence-corrected chi connectivity index (χ0v) is 75.0. The van der Waals surface area contributed by atoms with E-state index in [0.717, 1.165) is 44.9 Å². The smallest absolute Gasteiger partial charge is 0.220 e. The zero-order chi connectivity index (χ0) is 83.8. The molecule has 0 spiro atoms. The van der Waals surface area contributed by atoms with Crippen LogP contribution in [0.5, 0.6) is 0 Å². The third-order valence-electron chi connectivity index (χ3n) is 25.7. The molecule has 3 fully saturated rings. The van der Waals surface area contributed by atoms with Gasteiger partial charge < -0.3 is 89.9 Å². The lowest BCUT2D eigenvalue weighted by Crippen LogP contribution is -2.66. The summed E-state index contributed by atoms with van der Waals surface area (Å²) < 4.78 is 34.7. The molecule has 3 aliphatic rings. The summed E-state index contributed by atoms with van der Waals surface area (Å²) in [6.45, 7) is 1.91. The number of ether oxygens (including phenoxy) is 6. The van der Waals surface area contributed by atoms with Crippen LogP contribution >= 0.6 is 0 Å². The molecular formula is C97H189NO18. The fourth-order valence-electron chi connectivity index (χ4n) is 17.7. The Kier molecular flexibility index (Phi) is 72.7. The first-order valence-electron chi connectivity index (χ1n) is 50.3. The molecule has 1 amide bonds. The number of rotatable bonds is 85. The molecule has 3 rings (SSSR count). The van der Waals surface area contributed by atoms with E-state index < -0.39 is 124 Å². The summed E-state index contributed by atoms with van der Waals surface area (Å²) in [5, 5.41) is 122. The Morgan fingerprint density at radius 1 is 0.276 bits per heavy atom. The Hall–Kier alpha value is -1.21. The monoisotopic (exact) mass is 1660 g/mol. The highest BCUT2D eigenvalue weighted by molar-refractivity contribution is 5.76. The van der Waals surface area contributed by atoms with E-state index in [0.29, 0.717) is 12.8 Å². The van der Waals surface area contributed by atoms with Crippen molar-refractivity contribution in [3.8, 4) is 0 Å². The summed E-state index contributed by atoms with van der Waals surface area (Å²) >= 11 is 0. The molecule has 0 aromatic rings. The molecule has 17 atom stereocenters. The molecule has 19 heteroatoms. The highest BCUT2D eigenvalue weighted by atomic mass is 16.8. The molecule has 690 valence electrons. The van der Waals surface area contributed by atoms with Gasteiger partial charge in [-0.15, -0.1) is 0 Å². The molecular weight excluding hydrogens is 1470 g/mol. The van der Waals surface area contributed by atoms with E-state index in [1.165, 1.54) is 405 Å². The molecule has 0 aliphatic carbocycles. The number of hydrogen-bond donors (Lipinski definition) is 12. The minimum absolute atomic E-state index is 0.229. The van der Waals surface area contributed by atoms with Gasteiger partial charge >= 0.3 is 0 Å². The molecule has 0 bridgehead atoms. The van der Waals surface area contributed by atoms with Crippen molar-refractivity contribution in [2.75, 3.05) is 26.4 Å². The lowest BCUT2D eigenvalue weighted by Gasteiger charge is -2.48. The third kappa shape index (κ3) is 54.5. The zero-order valence-electron chi connectivity index (χ0n) is 75.0. The van der Waals surface area contributed by atoms with Crippen LogP contribution in [-0.4, -0.2) is 193 Å². The summed E-state index contributed by atoms with van der Waals surface area (Å²) in [5.74, 6) is -0.229. The van der Waals surface area contributed by atoms with E-state index in [1.807, 2.05) is 0 Å². The molecule has 12 N–H and O–H groups in total. The lowest BCUT2D eigenvalue weighted by atomic mass is 9.96. The van der Waals surface area contributed by atoms with Crippen LogP contribution in [0.3, 0.4) is 0 Å². The van der Waals surface area contributed by atoms with Gasteiger partial charge in [0.15, 0.2) is 18.9 Å². The standard InChI is InChI=1S/C97H189NO18/c1-3-5-7-9-11-13-15-17-19-21-23-25-27-29-31-33-35-37-38-39-40-41-43-45-47-49-51-53-55-57-59-61-63-65-67-69-71-73-75-85(103)98-80(81(102)74-72-70-68-66-64-62-60-58-56-54-52-50-48-46-44-42-36-34-32-30-28-26-24-22-20-18-16-14-12-10-8-6-4-2)79-111-95-91(109)88(106)93(83(77-100)113-95)116-97-92(110)89(107)94(84(78-101)114-97)115-96-90(108)87(105)86(104)82(76-99)112-96/h80-84,86-97,99-102,104-110H,3-79H2,1-2H3,(H,98,103). The van der Waals surface area contributed by atoms with Crippen LogP contribution in [-0.2, 0) is 33.2 Å². The van der Waals surface area contributed by atoms with Gasteiger partial charge in [-0.25, -0.2) is 0 Å². The third-order valence-corrected chi connectivity index (χ3v) is 25.7. The Labute approximate surface area is 710 Å². The highest BCUT2D eigenvalue weighted by Crippen LogP contribution is 2.34. The van der Waals surface area contributed by atoms with Crippen molar-refractivity contribution in [1.29, 1.82) is 0 Å². The lowest BCUT2D eigenvalue weighted by molar-refractivity contribution is -0.379.